The maximum atomic E-state index is 14.1. The molecule has 3 aliphatic heterocycles. The Morgan fingerprint density at radius 2 is 1.98 bits per heavy atom. The van der Waals surface area contributed by atoms with E-state index in [0.717, 1.165) is 33.4 Å². The van der Waals surface area contributed by atoms with Crippen molar-refractivity contribution in [1.82, 2.24) is 20.1 Å². The average Bonchev–Trinajstić information content (AvgIpc) is 3.56. The fraction of sp³-hybridized carbons (Fsp3) is 0.269. The molecule has 5 rings (SSSR count). The molecular formula is C26H20F4N6O7S2. The van der Waals surface area contributed by atoms with Gasteiger partial charge < -0.3 is 25.9 Å². The lowest BCUT2D eigenvalue weighted by molar-refractivity contribution is -0.199. The number of thioether (sulfide) groups is 1. The summed E-state index contributed by atoms with van der Waals surface area (Å²) in [4.78, 5) is 72.5. The zero-order valence-corrected chi connectivity index (χ0v) is 24.2. The van der Waals surface area contributed by atoms with Gasteiger partial charge in [-0.2, -0.15) is 13.2 Å². The standard InChI is InChI=1S/C26H20F4N6O7S2/c27-14-4-2-1-3-12(14)8-35-6-5-11(20(35)38)7-13-9-44-22-17(21(39)36(22)18(13)23(40)41)33-19(37)16(15-10-45-25(31)32-15)34-43-24(42)26(28,29)30/h1-4,7,10,17,22H,5-6,8-9H2,(H2,31,32)(H,33,37)(H,40,41)/b11-7+,34-16-/t17-,22-/m1/s1. The number of likely N-dealkylation sites (tertiary alicyclic amines) is 1. The first-order valence-corrected chi connectivity index (χ1v) is 14.7. The molecular weight excluding hydrogens is 648 g/mol. The molecule has 2 atom stereocenters. The summed E-state index contributed by atoms with van der Waals surface area (Å²) in [5.74, 6) is -7.16. The van der Waals surface area contributed by atoms with Crippen molar-refractivity contribution in [1.29, 1.82) is 0 Å². The number of alkyl halides is 3. The minimum absolute atomic E-state index is 0.0132. The van der Waals surface area contributed by atoms with Crippen LogP contribution in [0.15, 0.2) is 57.7 Å². The smallest absolute Gasteiger partial charge is 0.477 e. The number of nitrogens with zero attached hydrogens (tertiary/aromatic N) is 4. The van der Waals surface area contributed by atoms with Gasteiger partial charge in [-0.3, -0.25) is 19.3 Å². The monoisotopic (exact) mass is 668 g/mol. The fourth-order valence-corrected chi connectivity index (χ4v) is 6.55. The molecule has 1 aromatic heterocycles. The molecule has 3 amide bonds. The Balaban J connectivity index is 1.33. The van der Waals surface area contributed by atoms with E-state index in [9.17, 15) is 46.6 Å². The van der Waals surface area contributed by atoms with E-state index in [1.54, 1.807) is 12.1 Å². The predicted molar refractivity (Wildman–Crippen MR) is 149 cm³/mol. The number of carboxylic acid groups (broad SMARTS) is 1. The number of anilines is 1. The second-order valence-electron chi connectivity index (χ2n) is 9.67. The molecule has 0 spiro atoms. The van der Waals surface area contributed by atoms with Gasteiger partial charge in [0, 0.05) is 35.4 Å². The lowest BCUT2D eigenvalue weighted by atomic mass is 10.0. The van der Waals surface area contributed by atoms with Gasteiger partial charge in [0.25, 0.3) is 11.8 Å². The number of thiazole rings is 1. The molecule has 2 aromatic rings. The normalized spacial score (nSPS) is 21.2. The zero-order chi connectivity index (χ0) is 32.6. The summed E-state index contributed by atoms with van der Waals surface area (Å²) in [5, 5.41) is 15.4. The van der Waals surface area contributed by atoms with Crippen molar-refractivity contribution in [3.8, 4) is 0 Å². The number of nitrogens with one attached hydrogen (secondary N) is 1. The molecule has 13 nitrogen and oxygen atoms in total. The second-order valence-corrected chi connectivity index (χ2v) is 11.7. The van der Waals surface area contributed by atoms with E-state index >= 15 is 0 Å². The largest absolute Gasteiger partial charge is 0.493 e. The van der Waals surface area contributed by atoms with Crippen molar-refractivity contribution in [2.75, 3.05) is 18.0 Å². The number of fused-ring (bicyclic) bond motifs is 1. The number of nitrogens with two attached hydrogens (primary N) is 1. The number of aromatic nitrogens is 1. The maximum Gasteiger partial charge on any atom is 0.493 e. The van der Waals surface area contributed by atoms with E-state index in [1.807, 2.05) is 0 Å². The van der Waals surface area contributed by atoms with Crippen molar-refractivity contribution >= 4 is 63.6 Å². The van der Waals surface area contributed by atoms with Crippen LogP contribution in [-0.2, 0) is 35.4 Å². The van der Waals surface area contributed by atoms with Crippen molar-refractivity contribution < 1.29 is 51.5 Å². The zero-order valence-electron chi connectivity index (χ0n) is 22.5. The molecule has 0 aliphatic carbocycles. The molecule has 0 saturated carbocycles. The fourth-order valence-electron chi connectivity index (χ4n) is 4.70. The lowest BCUT2D eigenvalue weighted by Crippen LogP contribution is -2.71. The Morgan fingerprint density at radius 1 is 1.24 bits per heavy atom. The first kappa shape index (κ1) is 31.6. The van der Waals surface area contributed by atoms with Crippen molar-refractivity contribution in [3.05, 3.63) is 69.6 Å². The number of carbonyl (C=O) groups excluding carboxylic acids is 4. The van der Waals surface area contributed by atoms with Crippen LogP contribution in [0.1, 0.15) is 17.7 Å². The number of allylic oxidation sites excluding steroid dienone is 1. The quantitative estimate of drug-likeness (QED) is 0.0936. The highest BCUT2D eigenvalue weighted by Gasteiger charge is 2.54. The highest BCUT2D eigenvalue weighted by molar-refractivity contribution is 8.00. The van der Waals surface area contributed by atoms with E-state index < -0.39 is 64.5 Å². The molecule has 2 fully saturated rings. The highest BCUT2D eigenvalue weighted by atomic mass is 32.2. The maximum absolute atomic E-state index is 14.1. The third-order valence-corrected chi connectivity index (χ3v) is 8.77. The van der Waals surface area contributed by atoms with E-state index in [4.69, 9.17) is 5.73 Å². The third kappa shape index (κ3) is 6.39. The van der Waals surface area contributed by atoms with Gasteiger partial charge in [0.15, 0.2) is 10.8 Å². The van der Waals surface area contributed by atoms with Gasteiger partial charge in [-0.1, -0.05) is 23.4 Å². The number of carboxylic acids is 1. The number of rotatable bonds is 8. The number of halogens is 4. The predicted octanol–water partition coefficient (Wildman–Crippen LogP) is 1.77. The minimum Gasteiger partial charge on any atom is -0.477 e. The number of benzene rings is 1. The summed E-state index contributed by atoms with van der Waals surface area (Å²) in [6.07, 6.45) is -3.77. The molecule has 4 N–H and O–H groups in total. The molecule has 19 heteroatoms. The van der Waals surface area contributed by atoms with Crippen LogP contribution in [0.25, 0.3) is 0 Å². The summed E-state index contributed by atoms with van der Waals surface area (Å²) in [7, 11) is 0. The van der Waals surface area contributed by atoms with Gasteiger partial charge in [-0.25, -0.2) is 19.0 Å². The topological polar surface area (TPSA) is 185 Å². The van der Waals surface area contributed by atoms with E-state index in [2.05, 4.69) is 20.3 Å². The van der Waals surface area contributed by atoms with Crippen LogP contribution in [0.4, 0.5) is 22.7 Å². The van der Waals surface area contributed by atoms with E-state index in [0.29, 0.717) is 5.56 Å². The van der Waals surface area contributed by atoms with Gasteiger partial charge in [0.1, 0.15) is 28.6 Å². The highest BCUT2D eigenvalue weighted by Crippen LogP contribution is 2.41. The minimum atomic E-state index is -5.41. The van der Waals surface area contributed by atoms with E-state index in [-0.39, 0.29) is 47.2 Å². The number of amides is 3. The van der Waals surface area contributed by atoms with Crippen LogP contribution in [-0.4, -0.2) is 85.2 Å². The summed E-state index contributed by atoms with van der Waals surface area (Å²) >= 11 is 1.87. The Kier molecular flexibility index (Phi) is 8.66. The summed E-state index contributed by atoms with van der Waals surface area (Å²) in [5.41, 5.74) is 4.64. The number of hydrogen-bond donors (Lipinski definition) is 3. The summed E-state index contributed by atoms with van der Waals surface area (Å²) in [6, 6.07) is 4.65. The lowest BCUT2D eigenvalue weighted by Gasteiger charge is -2.49. The number of carbonyl (C=O) groups is 5. The van der Waals surface area contributed by atoms with Crippen LogP contribution >= 0.6 is 23.1 Å². The number of β-lactam (4-membered cyclic amide) rings is 1. The van der Waals surface area contributed by atoms with Gasteiger partial charge in [-0.15, -0.1) is 23.1 Å². The third-order valence-electron chi connectivity index (χ3n) is 6.80. The molecule has 236 valence electrons. The number of aliphatic carboxylic acids is 1. The van der Waals surface area contributed by atoms with Crippen molar-refractivity contribution in [2.45, 2.75) is 30.6 Å². The van der Waals surface area contributed by atoms with Gasteiger partial charge >= 0.3 is 18.1 Å². The summed E-state index contributed by atoms with van der Waals surface area (Å²) in [6.45, 7) is 0.290. The van der Waals surface area contributed by atoms with Crippen LogP contribution in [0, 0.1) is 5.82 Å². The Morgan fingerprint density at radius 3 is 2.62 bits per heavy atom. The van der Waals surface area contributed by atoms with Gasteiger partial charge in [0.05, 0.1) is 0 Å². The Bertz CT molecular complexity index is 1710. The Labute approximate surface area is 258 Å². The van der Waals surface area contributed by atoms with Crippen LogP contribution < -0.4 is 11.1 Å². The number of nitrogen functional groups attached to an aromatic ring is 1. The first-order chi connectivity index (χ1) is 21.3. The van der Waals surface area contributed by atoms with Gasteiger partial charge in [-0.05, 0) is 24.1 Å². The van der Waals surface area contributed by atoms with Crippen molar-refractivity contribution in [2.24, 2.45) is 5.16 Å². The molecule has 0 unspecified atom stereocenters. The molecule has 45 heavy (non-hydrogen) atoms. The SMILES string of the molecule is Nc1nc(/C(=N/OC(=O)C(F)(F)F)C(=O)N[C@@H]2C(=O)N3C(C(=O)O)=C(/C=C4\CCN(Cc5ccccc5F)C4=O)CS[C@H]23)cs1. The molecule has 2 saturated heterocycles. The first-order valence-electron chi connectivity index (χ1n) is 12.8. The molecule has 0 bridgehead atoms. The number of hydrogen-bond acceptors (Lipinski definition) is 11. The molecule has 4 heterocycles. The summed E-state index contributed by atoms with van der Waals surface area (Å²) < 4.78 is 51.9. The van der Waals surface area contributed by atoms with Gasteiger partial charge in [0.2, 0.25) is 5.91 Å². The van der Waals surface area contributed by atoms with Crippen LogP contribution in [0.5, 0.6) is 0 Å². The van der Waals surface area contributed by atoms with Crippen LogP contribution in [0.2, 0.25) is 0 Å². The van der Waals surface area contributed by atoms with Crippen molar-refractivity contribution in [3.63, 3.8) is 0 Å². The average molecular weight is 669 g/mol. The number of oxime groups is 1. The molecule has 0 radical (unpaired) electrons. The Hall–Kier alpha value is -4.78. The van der Waals surface area contributed by atoms with E-state index in [1.165, 1.54) is 23.1 Å². The molecule has 1 aromatic carbocycles. The second kappa shape index (κ2) is 12.3. The molecule has 3 aliphatic rings. The van der Waals surface area contributed by atoms with Crippen LogP contribution in [0.3, 0.4) is 0 Å².